The van der Waals surface area contributed by atoms with E-state index in [9.17, 15) is 19.8 Å². The first-order valence-electron chi connectivity index (χ1n) is 7.00. The minimum absolute atomic E-state index is 0.163. The Bertz CT molecular complexity index is 395. The Morgan fingerprint density at radius 1 is 1.21 bits per heavy atom. The Morgan fingerprint density at radius 2 is 1.79 bits per heavy atom. The van der Waals surface area contributed by atoms with E-state index < -0.39 is 23.6 Å². The molecule has 0 amide bonds. The van der Waals surface area contributed by atoms with E-state index in [1.54, 1.807) is 6.92 Å². The first kappa shape index (κ1) is 15.9. The molecule has 0 aromatic heterocycles. The summed E-state index contributed by atoms with van der Waals surface area (Å²) in [5.74, 6) is -1.68. The zero-order chi connectivity index (χ0) is 14.7. The van der Waals surface area contributed by atoms with Crippen LogP contribution in [0.25, 0.3) is 0 Å². The van der Waals surface area contributed by atoms with Crippen LogP contribution < -0.4 is 0 Å². The van der Waals surface area contributed by atoms with E-state index in [4.69, 9.17) is 0 Å². The number of rotatable bonds is 5. The molecule has 0 saturated heterocycles. The van der Waals surface area contributed by atoms with Crippen molar-refractivity contribution in [1.29, 1.82) is 0 Å². The number of hydrogen-bond acceptors (Lipinski definition) is 4. The maximum Gasteiger partial charge on any atom is 0.199 e. The molecule has 0 radical (unpaired) electrons. The Labute approximate surface area is 114 Å². The van der Waals surface area contributed by atoms with Crippen LogP contribution in [-0.2, 0) is 9.59 Å². The fourth-order valence-corrected chi connectivity index (χ4v) is 2.27. The lowest BCUT2D eigenvalue weighted by Crippen LogP contribution is -2.23. The fraction of sp³-hybridized carbons (Fsp3) is 0.733. The van der Waals surface area contributed by atoms with Gasteiger partial charge in [0.05, 0.1) is 5.92 Å². The van der Waals surface area contributed by atoms with E-state index in [0.717, 1.165) is 6.42 Å². The van der Waals surface area contributed by atoms with Crippen molar-refractivity contribution in [3.05, 3.63) is 11.3 Å². The molecule has 0 bridgehead atoms. The van der Waals surface area contributed by atoms with Crippen LogP contribution in [0.1, 0.15) is 47.0 Å². The Hall–Kier alpha value is -1.16. The van der Waals surface area contributed by atoms with Gasteiger partial charge in [-0.05, 0) is 18.8 Å². The molecule has 2 N–H and O–H groups in total. The van der Waals surface area contributed by atoms with Crippen molar-refractivity contribution >= 4 is 11.6 Å². The fourth-order valence-electron chi connectivity index (χ4n) is 2.27. The van der Waals surface area contributed by atoms with E-state index in [-0.39, 0.29) is 17.3 Å². The second-order valence-electron chi connectivity index (χ2n) is 5.82. The van der Waals surface area contributed by atoms with Crippen LogP contribution in [0.5, 0.6) is 0 Å². The van der Waals surface area contributed by atoms with Gasteiger partial charge in [-0.15, -0.1) is 0 Å². The van der Waals surface area contributed by atoms with Gasteiger partial charge in [-0.1, -0.05) is 34.1 Å². The number of carbonyl (C=O) groups excluding carboxylic acids is 2. The van der Waals surface area contributed by atoms with Crippen molar-refractivity contribution in [2.24, 2.45) is 17.8 Å². The summed E-state index contributed by atoms with van der Waals surface area (Å²) >= 11 is 0. The van der Waals surface area contributed by atoms with E-state index in [2.05, 4.69) is 0 Å². The van der Waals surface area contributed by atoms with Crippen LogP contribution in [0.15, 0.2) is 11.3 Å². The highest BCUT2D eigenvalue weighted by Gasteiger charge is 2.46. The quantitative estimate of drug-likeness (QED) is 0.456. The van der Waals surface area contributed by atoms with Crippen LogP contribution in [0.4, 0.5) is 0 Å². The van der Waals surface area contributed by atoms with Gasteiger partial charge in [-0.25, -0.2) is 0 Å². The molecule has 1 aliphatic rings. The molecular formula is C15H24O4. The maximum absolute atomic E-state index is 12.2. The van der Waals surface area contributed by atoms with Gasteiger partial charge in [-0.3, -0.25) is 9.59 Å². The normalized spacial score (nSPS) is 28.1. The monoisotopic (exact) mass is 268 g/mol. The van der Waals surface area contributed by atoms with Crippen molar-refractivity contribution in [1.82, 2.24) is 0 Å². The molecular weight excluding hydrogens is 244 g/mol. The molecule has 1 saturated carbocycles. The number of aliphatic hydroxyl groups excluding tert-OH is 2. The van der Waals surface area contributed by atoms with E-state index in [1.165, 1.54) is 0 Å². The number of carbonyl (C=O) groups is 2. The smallest absolute Gasteiger partial charge is 0.199 e. The minimum Gasteiger partial charge on any atom is -0.511 e. The Balaban J connectivity index is 2.99. The molecule has 0 spiro atoms. The minimum atomic E-state index is -1.28. The van der Waals surface area contributed by atoms with Gasteiger partial charge in [-0.2, -0.15) is 0 Å². The summed E-state index contributed by atoms with van der Waals surface area (Å²) in [5.41, 5.74) is -0.171. The van der Waals surface area contributed by atoms with E-state index in [1.807, 2.05) is 20.8 Å². The van der Waals surface area contributed by atoms with Gasteiger partial charge in [0.25, 0.3) is 0 Å². The summed E-state index contributed by atoms with van der Waals surface area (Å²) in [7, 11) is 0. The molecule has 1 fully saturated rings. The molecule has 4 nitrogen and oxygen atoms in total. The van der Waals surface area contributed by atoms with Gasteiger partial charge in [0, 0.05) is 5.92 Å². The average molecular weight is 268 g/mol. The maximum atomic E-state index is 12.2. The first-order valence-corrected chi connectivity index (χ1v) is 7.00. The Morgan fingerprint density at radius 3 is 2.26 bits per heavy atom. The summed E-state index contributed by atoms with van der Waals surface area (Å²) in [6, 6.07) is 0. The van der Waals surface area contributed by atoms with Crippen LogP contribution in [-0.4, -0.2) is 27.9 Å². The predicted molar refractivity (Wildman–Crippen MR) is 72.7 cm³/mol. The van der Waals surface area contributed by atoms with Crippen LogP contribution in [0.3, 0.4) is 0 Å². The first-order chi connectivity index (χ1) is 8.81. The van der Waals surface area contributed by atoms with Crippen LogP contribution >= 0.6 is 0 Å². The largest absolute Gasteiger partial charge is 0.511 e. The second-order valence-corrected chi connectivity index (χ2v) is 5.82. The molecule has 1 aliphatic carbocycles. The van der Waals surface area contributed by atoms with Crippen LogP contribution in [0, 0.1) is 17.8 Å². The highest BCUT2D eigenvalue weighted by Crippen LogP contribution is 2.32. The van der Waals surface area contributed by atoms with Crippen LogP contribution in [0.2, 0.25) is 0 Å². The molecule has 0 aliphatic heterocycles. The lowest BCUT2D eigenvalue weighted by Gasteiger charge is -2.12. The summed E-state index contributed by atoms with van der Waals surface area (Å²) in [4.78, 5) is 24.1. The van der Waals surface area contributed by atoms with E-state index in [0.29, 0.717) is 18.8 Å². The lowest BCUT2D eigenvalue weighted by molar-refractivity contribution is -0.124. The van der Waals surface area contributed by atoms with Gasteiger partial charge < -0.3 is 10.2 Å². The summed E-state index contributed by atoms with van der Waals surface area (Å²) in [6.45, 7) is 7.69. The number of allylic oxidation sites excluding steroid dienone is 1. The lowest BCUT2D eigenvalue weighted by atomic mass is 9.93. The van der Waals surface area contributed by atoms with Crippen molar-refractivity contribution in [3.8, 4) is 0 Å². The van der Waals surface area contributed by atoms with Crippen molar-refractivity contribution < 1.29 is 19.8 Å². The second kappa shape index (κ2) is 6.33. The number of ketones is 2. The van der Waals surface area contributed by atoms with Crippen molar-refractivity contribution in [2.75, 3.05) is 0 Å². The third-order valence-electron chi connectivity index (χ3n) is 3.87. The summed E-state index contributed by atoms with van der Waals surface area (Å²) < 4.78 is 0. The summed E-state index contributed by atoms with van der Waals surface area (Å²) in [5, 5.41) is 19.9. The van der Waals surface area contributed by atoms with Crippen molar-refractivity contribution in [3.63, 3.8) is 0 Å². The summed E-state index contributed by atoms with van der Waals surface area (Å²) in [6.07, 6.45) is 0.619. The zero-order valence-electron chi connectivity index (χ0n) is 12.1. The van der Waals surface area contributed by atoms with Gasteiger partial charge in [0.1, 0.15) is 17.4 Å². The molecule has 1 rings (SSSR count). The third-order valence-corrected chi connectivity index (χ3v) is 3.87. The molecule has 108 valence electrons. The number of hydrogen-bond donors (Lipinski definition) is 2. The highest BCUT2D eigenvalue weighted by atomic mass is 16.3. The number of Topliss-reactive ketones (excluding diaryl/α,β-unsaturated/α-hetero) is 2. The Kier molecular flexibility index (Phi) is 5.29. The highest BCUT2D eigenvalue weighted by molar-refractivity contribution is 6.28. The molecule has 3 atom stereocenters. The zero-order valence-corrected chi connectivity index (χ0v) is 12.1. The molecule has 0 heterocycles. The SMILES string of the molecule is CCC(C)C(O)=C1C(=O)[C@@H](CCC(C)C)[C@@H](O)C1=O. The molecule has 0 aromatic rings. The third kappa shape index (κ3) is 3.24. The van der Waals surface area contributed by atoms with Gasteiger partial charge in [0.15, 0.2) is 11.6 Å². The van der Waals surface area contributed by atoms with E-state index >= 15 is 0 Å². The average Bonchev–Trinajstić information content (AvgIpc) is 2.56. The van der Waals surface area contributed by atoms with Crippen molar-refractivity contribution in [2.45, 2.75) is 53.1 Å². The number of aliphatic hydroxyl groups is 2. The molecule has 1 unspecified atom stereocenters. The predicted octanol–water partition coefficient (Wildman–Crippen LogP) is 2.41. The topological polar surface area (TPSA) is 74.6 Å². The van der Waals surface area contributed by atoms with Gasteiger partial charge in [0.2, 0.25) is 0 Å². The standard InChI is InChI=1S/C15H24O4/c1-5-9(4)12(16)11-13(17)10(7-6-8(2)3)14(18)15(11)19/h8-10,14,16,18H,5-7H2,1-4H3/t9?,10-,14-/m1/s1. The molecule has 19 heavy (non-hydrogen) atoms. The molecule has 0 aromatic carbocycles. The molecule has 4 heteroatoms. The van der Waals surface area contributed by atoms with Gasteiger partial charge >= 0.3 is 0 Å².